The fourth-order valence-corrected chi connectivity index (χ4v) is 3.50. The van der Waals surface area contributed by atoms with Crippen molar-refractivity contribution in [2.45, 2.75) is 19.9 Å². The Morgan fingerprint density at radius 3 is 2.61 bits per heavy atom. The number of hydrogen-bond acceptors (Lipinski definition) is 8. The highest BCUT2D eigenvalue weighted by atomic mass is 16.5. The number of ether oxygens (including phenoxy) is 2. The summed E-state index contributed by atoms with van der Waals surface area (Å²) >= 11 is 0. The van der Waals surface area contributed by atoms with Gasteiger partial charge in [0.1, 0.15) is 23.5 Å². The molecule has 4 rings (SSSR count). The van der Waals surface area contributed by atoms with E-state index >= 15 is 0 Å². The first-order chi connectivity index (χ1) is 15.0. The number of esters is 1. The van der Waals surface area contributed by atoms with Crippen LogP contribution in [0, 0.1) is 5.92 Å². The van der Waals surface area contributed by atoms with Crippen molar-refractivity contribution in [1.82, 2.24) is 20.2 Å². The van der Waals surface area contributed by atoms with E-state index in [2.05, 4.69) is 20.5 Å². The Hall–Kier alpha value is -4.08. The number of carboxylic acid groups (broad SMARTS) is 1. The summed E-state index contributed by atoms with van der Waals surface area (Å²) in [4.78, 5) is 28.3. The van der Waals surface area contributed by atoms with Crippen LogP contribution in [0.5, 0.6) is 11.5 Å². The number of carbonyl (C=O) groups excluding carboxylic acids is 1. The molecule has 0 saturated heterocycles. The fraction of sp³-hybridized carbons (Fsp3) is 0.238. The number of benzene rings is 2. The van der Waals surface area contributed by atoms with E-state index in [0.29, 0.717) is 28.7 Å². The number of aliphatic imine (C=N–C) groups is 1. The number of rotatable bonds is 6. The Balaban J connectivity index is 1.71. The van der Waals surface area contributed by atoms with Crippen molar-refractivity contribution >= 4 is 23.6 Å². The third kappa shape index (κ3) is 4.00. The summed E-state index contributed by atoms with van der Waals surface area (Å²) in [5, 5.41) is 20.8. The molecule has 0 bridgehead atoms. The minimum Gasteiger partial charge on any atom is -0.478 e. The number of carbonyl (C=O) groups is 2. The standard InChI is InChI=1S/C21H19N5O5/c1-3-30-20(29)17-12(2)22-21-23-24-25-26(21)18(17)13-6-4-8-15(10-13)31-16-9-5-7-14(11-16)19(27)28/h4-11,17-18H,3H2,1-2H3,(H,27,28). The van der Waals surface area contributed by atoms with Crippen molar-refractivity contribution in [3.05, 3.63) is 59.7 Å². The Labute approximate surface area is 177 Å². The molecule has 2 atom stereocenters. The first kappa shape index (κ1) is 20.2. The van der Waals surface area contributed by atoms with Gasteiger partial charge < -0.3 is 14.6 Å². The number of carboxylic acids is 1. The van der Waals surface area contributed by atoms with E-state index in [1.54, 1.807) is 44.2 Å². The van der Waals surface area contributed by atoms with Gasteiger partial charge in [-0.3, -0.25) is 4.79 Å². The normalized spacial score (nSPS) is 17.4. The number of aromatic carboxylic acids is 1. The van der Waals surface area contributed by atoms with Crippen molar-refractivity contribution in [1.29, 1.82) is 0 Å². The van der Waals surface area contributed by atoms with Gasteiger partial charge in [-0.2, -0.15) is 0 Å². The molecular formula is C21H19N5O5. The zero-order chi connectivity index (χ0) is 22.0. The second-order valence-corrected chi connectivity index (χ2v) is 6.86. The van der Waals surface area contributed by atoms with Crippen molar-refractivity contribution in [2.24, 2.45) is 10.9 Å². The fourth-order valence-electron chi connectivity index (χ4n) is 3.50. The predicted octanol–water partition coefficient (Wildman–Crippen LogP) is 3.04. The van der Waals surface area contributed by atoms with Crippen molar-refractivity contribution < 1.29 is 24.2 Å². The molecule has 0 fully saturated rings. The average Bonchev–Trinajstić information content (AvgIpc) is 3.21. The molecule has 3 aromatic rings. The monoisotopic (exact) mass is 421 g/mol. The summed E-state index contributed by atoms with van der Waals surface area (Å²) in [5.74, 6) is -1.03. The maximum Gasteiger partial charge on any atom is 0.335 e. The smallest absolute Gasteiger partial charge is 0.335 e. The van der Waals surface area contributed by atoms with Crippen LogP contribution in [0.3, 0.4) is 0 Å². The van der Waals surface area contributed by atoms with Gasteiger partial charge in [-0.25, -0.2) is 14.5 Å². The molecule has 0 radical (unpaired) electrons. The molecule has 1 aliphatic rings. The third-order valence-corrected chi connectivity index (χ3v) is 4.84. The SMILES string of the molecule is CCOC(=O)C1C(C)=Nc2nnnn2C1c1cccc(Oc2cccc(C(=O)O)c2)c1. The Bertz CT molecular complexity index is 1170. The Kier molecular flexibility index (Phi) is 5.44. The zero-order valence-electron chi connectivity index (χ0n) is 16.8. The lowest BCUT2D eigenvalue weighted by molar-refractivity contribution is -0.146. The molecule has 0 amide bonds. The largest absolute Gasteiger partial charge is 0.478 e. The first-order valence-corrected chi connectivity index (χ1v) is 9.58. The molecule has 10 nitrogen and oxygen atoms in total. The zero-order valence-corrected chi connectivity index (χ0v) is 16.8. The second-order valence-electron chi connectivity index (χ2n) is 6.86. The van der Waals surface area contributed by atoms with Crippen LogP contribution in [0.2, 0.25) is 0 Å². The van der Waals surface area contributed by atoms with Crippen molar-refractivity contribution in [3.8, 4) is 11.5 Å². The van der Waals surface area contributed by atoms with E-state index in [4.69, 9.17) is 9.47 Å². The summed E-state index contributed by atoms with van der Waals surface area (Å²) < 4.78 is 12.6. The van der Waals surface area contributed by atoms with Crippen LogP contribution < -0.4 is 4.74 Å². The lowest BCUT2D eigenvalue weighted by Gasteiger charge is -2.29. The van der Waals surface area contributed by atoms with Gasteiger partial charge in [-0.1, -0.05) is 23.3 Å². The van der Waals surface area contributed by atoms with Crippen LogP contribution in [0.1, 0.15) is 35.8 Å². The van der Waals surface area contributed by atoms with E-state index < -0.39 is 23.9 Å². The molecule has 1 aliphatic heterocycles. The molecule has 1 aromatic heterocycles. The van der Waals surface area contributed by atoms with Crippen LogP contribution in [0.4, 0.5) is 5.95 Å². The summed E-state index contributed by atoms with van der Waals surface area (Å²) in [7, 11) is 0. The summed E-state index contributed by atoms with van der Waals surface area (Å²) in [5.41, 5.74) is 1.38. The van der Waals surface area contributed by atoms with Gasteiger partial charge in [-0.15, -0.1) is 0 Å². The Morgan fingerprint density at radius 2 is 1.87 bits per heavy atom. The predicted molar refractivity (Wildman–Crippen MR) is 109 cm³/mol. The highest BCUT2D eigenvalue weighted by Crippen LogP contribution is 2.37. The number of hydrogen-bond donors (Lipinski definition) is 1. The molecular weight excluding hydrogens is 402 g/mol. The molecule has 0 spiro atoms. The number of fused-ring (bicyclic) bond motifs is 1. The molecule has 2 aromatic carbocycles. The van der Waals surface area contributed by atoms with Gasteiger partial charge in [0, 0.05) is 5.71 Å². The number of nitrogens with zero attached hydrogens (tertiary/aromatic N) is 5. The van der Waals surface area contributed by atoms with E-state index in [-0.39, 0.29) is 12.2 Å². The van der Waals surface area contributed by atoms with Gasteiger partial charge in [0.15, 0.2) is 0 Å². The van der Waals surface area contributed by atoms with Gasteiger partial charge in [0.25, 0.3) is 5.95 Å². The average molecular weight is 421 g/mol. The first-order valence-electron chi connectivity index (χ1n) is 9.58. The third-order valence-electron chi connectivity index (χ3n) is 4.84. The highest BCUT2D eigenvalue weighted by molar-refractivity contribution is 6.03. The van der Waals surface area contributed by atoms with Crippen molar-refractivity contribution in [2.75, 3.05) is 6.61 Å². The van der Waals surface area contributed by atoms with Crippen LogP contribution in [0.15, 0.2) is 53.5 Å². The van der Waals surface area contributed by atoms with Gasteiger partial charge in [-0.05, 0) is 60.2 Å². The van der Waals surface area contributed by atoms with E-state index in [0.717, 1.165) is 0 Å². The van der Waals surface area contributed by atoms with Gasteiger partial charge in [0.2, 0.25) is 0 Å². The van der Waals surface area contributed by atoms with E-state index in [1.165, 1.54) is 16.8 Å². The minimum absolute atomic E-state index is 0.119. The molecule has 158 valence electrons. The lowest BCUT2D eigenvalue weighted by atomic mass is 9.88. The molecule has 2 unspecified atom stereocenters. The van der Waals surface area contributed by atoms with Crippen molar-refractivity contribution in [3.63, 3.8) is 0 Å². The summed E-state index contributed by atoms with van der Waals surface area (Å²) in [6.07, 6.45) is 0. The summed E-state index contributed by atoms with van der Waals surface area (Å²) in [6.45, 7) is 3.72. The topological polar surface area (TPSA) is 129 Å². The molecule has 31 heavy (non-hydrogen) atoms. The highest BCUT2D eigenvalue weighted by Gasteiger charge is 2.40. The lowest BCUT2D eigenvalue weighted by Crippen LogP contribution is -2.37. The van der Waals surface area contributed by atoms with Crippen LogP contribution in [-0.2, 0) is 9.53 Å². The Morgan fingerprint density at radius 1 is 1.13 bits per heavy atom. The maximum atomic E-state index is 12.7. The molecule has 10 heteroatoms. The maximum absolute atomic E-state index is 12.7. The number of tetrazole rings is 1. The molecule has 0 aliphatic carbocycles. The minimum atomic E-state index is -1.04. The van der Waals surface area contributed by atoms with Gasteiger partial charge >= 0.3 is 11.9 Å². The van der Waals surface area contributed by atoms with Crippen LogP contribution in [-0.4, -0.2) is 49.6 Å². The second kappa shape index (κ2) is 8.34. The number of aromatic nitrogens is 4. The van der Waals surface area contributed by atoms with E-state index in [9.17, 15) is 14.7 Å². The molecule has 2 heterocycles. The summed E-state index contributed by atoms with van der Waals surface area (Å²) in [6, 6.07) is 12.7. The van der Waals surface area contributed by atoms with Gasteiger partial charge in [0.05, 0.1) is 12.2 Å². The quantitative estimate of drug-likeness (QED) is 0.601. The van der Waals surface area contributed by atoms with Crippen LogP contribution >= 0.6 is 0 Å². The molecule has 1 N–H and O–H groups in total. The molecule has 0 saturated carbocycles. The van der Waals surface area contributed by atoms with E-state index in [1.807, 2.05) is 6.07 Å². The van der Waals surface area contributed by atoms with Crippen LogP contribution in [0.25, 0.3) is 0 Å².